The lowest BCUT2D eigenvalue weighted by Gasteiger charge is -2.33. The summed E-state index contributed by atoms with van der Waals surface area (Å²) in [4.78, 5) is 0. The first kappa shape index (κ1) is 37.4. The quantitative estimate of drug-likeness (QED) is 0.116. The van der Waals surface area contributed by atoms with Crippen LogP contribution in [-0.2, 0) is 18.9 Å². The molecular weight excluding hydrogens is 637 g/mol. The lowest BCUT2D eigenvalue weighted by Crippen LogP contribution is -2.43. The molecular formula is C37H60O4S4. The van der Waals surface area contributed by atoms with Crippen molar-refractivity contribution in [2.75, 3.05) is 26.4 Å². The van der Waals surface area contributed by atoms with Gasteiger partial charge >= 0.3 is 0 Å². The first-order valence-corrected chi connectivity index (χ1v) is 20.1. The first-order valence-electron chi connectivity index (χ1n) is 18.5. The molecule has 0 heterocycles. The van der Waals surface area contributed by atoms with E-state index in [1.54, 1.807) is 0 Å². The second-order valence-corrected chi connectivity index (χ2v) is 16.7. The molecule has 0 atom stereocenters. The van der Waals surface area contributed by atoms with Crippen LogP contribution in [0.2, 0.25) is 0 Å². The van der Waals surface area contributed by atoms with Gasteiger partial charge in [-0.05, 0) is 98.2 Å². The van der Waals surface area contributed by atoms with E-state index < -0.39 is 5.41 Å². The number of hydrogen-bond acceptors (Lipinski definition) is 8. The second-order valence-electron chi connectivity index (χ2n) is 14.9. The molecule has 4 aliphatic carbocycles. The zero-order valence-corrected chi connectivity index (χ0v) is 31.1. The van der Waals surface area contributed by atoms with E-state index in [1.807, 2.05) is 0 Å². The molecule has 0 unspecified atom stereocenters. The van der Waals surface area contributed by atoms with Crippen molar-refractivity contribution in [3.8, 4) is 0 Å². The Morgan fingerprint density at radius 3 is 0.778 bits per heavy atom. The lowest BCUT2D eigenvalue weighted by molar-refractivity contribution is -0.0165. The van der Waals surface area contributed by atoms with Gasteiger partial charge in [0.2, 0.25) is 0 Å². The van der Waals surface area contributed by atoms with E-state index in [0.29, 0.717) is 46.6 Å². The second kappa shape index (κ2) is 20.8. The molecule has 45 heavy (non-hydrogen) atoms. The fourth-order valence-corrected chi connectivity index (χ4v) is 8.66. The van der Waals surface area contributed by atoms with Crippen molar-refractivity contribution >= 4 is 69.1 Å². The molecule has 4 saturated carbocycles. The largest absolute Gasteiger partial charge is 0.486 e. The Balaban J connectivity index is 1.36. The van der Waals surface area contributed by atoms with Crippen LogP contribution in [0.4, 0.5) is 0 Å². The van der Waals surface area contributed by atoms with E-state index in [1.165, 1.54) is 103 Å². The van der Waals surface area contributed by atoms with Gasteiger partial charge in [0.05, 0.1) is 0 Å². The van der Waals surface area contributed by atoms with Crippen LogP contribution >= 0.6 is 48.9 Å². The Labute approximate surface area is 296 Å². The SMILES string of the molecule is S=C(CCC1CCCC1)OCC(COC(=S)CCC1CCCC1)(COC(=S)CCC1CCCC1)COC(=S)CCC1CCCC1. The van der Waals surface area contributed by atoms with E-state index in [-0.39, 0.29) is 0 Å². The van der Waals surface area contributed by atoms with Crippen molar-refractivity contribution < 1.29 is 18.9 Å². The molecule has 0 saturated heterocycles. The van der Waals surface area contributed by atoms with Gasteiger partial charge in [-0.15, -0.1) is 0 Å². The lowest BCUT2D eigenvalue weighted by atomic mass is 9.92. The third-order valence-corrected chi connectivity index (χ3v) is 12.4. The van der Waals surface area contributed by atoms with Gasteiger partial charge in [-0.1, -0.05) is 103 Å². The van der Waals surface area contributed by atoms with Crippen molar-refractivity contribution in [3.05, 3.63) is 0 Å². The Morgan fingerprint density at radius 1 is 0.378 bits per heavy atom. The number of ether oxygens (including phenoxy) is 4. The molecule has 256 valence electrons. The highest BCUT2D eigenvalue weighted by molar-refractivity contribution is 7.80. The molecule has 0 bridgehead atoms. The minimum Gasteiger partial charge on any atom is -0.486 e. The summed E-state index contributed by atoms with van der Waals surface area (Å²) in [6.07, 6.45) is 29.0. The van der Waals surface area contributed by atoms with Gasteiger partial charge in [-0.3, -0.25) is 0 Å². The molecule has 0 amide bonds. The molecule has 4 aliphatic rings. The smallest absolute Gasteiger partial charge is 0.159 e. The molecule has 0 aromatic rings. The molecule has 0 N–H and O–H groups in total. The van der Waals surface area contributed by atoms with Gasteiger partial charge in [-0.25, -0.2) is 0 Å². The minimum absolute atomic E-state index is 0.345. The van der Waals surface area contributed by atoms with Crippen LogP contribution in [0.15, 0.2) is 0 Å². The van der Waals surface area contributed by atoms with E-state index in [9.17, 15) is 0 Å². The molecule has 4 nitrogen and oxygen atoms in total. The summed E-state index contributed by atoms with van der Waals surface area (Å²) < 4.78 is 25.4. The summed E-state index contributed by atoms with van der Waals surface area (Å²) in [5.74, 6) is 3.10. The van der Waals surface area contributed by atoms with Gasteiger partial charge in [0, 0.05) is 25.7 Å². The van der Waals surface area contributed by atoms with Crippen molar-refractivity contribution in [3.63, 3.8) is 0 Å². The molecule has 0 spiro atoms. The molecule has 0 aromatic heterocycles. The molecule has 4 rings (SSSR count). The summed E-state index contributed by atoms with van der Waals surface area (Å²) >= 11 is 23.0. The summed E-state index contributed by atoms with van der Waals surface area (Å²) in [5.41, 5.74) is -0.621. The zero-order valence-electron chi connectivity index (χ0n) is 27.9. The summed E-state index contributed by atoms with van der Waals surface area (Å²) in [7, 11) is 0. The average Bonchev–Trinajstić information content (AvgIpc) is 3.89. The topological polar surface area (TPSA) is 36.9 Å². The maximum Gasteiger partial charge on any atom is 0.159 e. The average molecular weight is 697 g/mol. The zero-order chi connectivity index (χ0) is 31.7. The predicted molar refractivity (Wildman–Crippen MR) is 201 cm³/mol. The fraction of sp³-hybridized carbons (Fsp3) is 0.892. The number of hydrogen-bond donors (Lipinski definition) is 0. The van der Waals surface area contributed by atoms with Gasteiger partial charge in [0.15, 0.2) is 20.2 Å². The fourth-order valence-electron chi connectivity index (χ4n) is 7.96. The van der Waals surface area contributed by atoms with E-state index in [2.05, 4.69) is 0 Å². The minimum atomic E-state index is -0.621. The standard InChI is InChI=1S/C37H60O4S4/c42-33(21-17-29-9-1-2-10-29)38-25-37(26-39-34(43)22-18-30-11-3-4-12-30,27-40-35(44)23-19-31-13-5-6-14-31)28-41-36(45)24-20-32-15-7-8-16-32/h29-32H,1-28H2. The summed E-state index contributed by atoms with van der Waals surface area (Å²) in [5, 5.41) is 2.68. The summed E-state index contributed by atoms with van der Waals surface area (Å²) in [6.45, 7) is 1.38. The highest BCUT2D eigenvalue weighted by Crippen LogP contribution is 2.32. The van der Waals surface area contributed by atoms with Crippen LogP contribution in [0.25, 0.3) is 0 Å². The maximum absolute atomic E-state index is 6.35. The van der Waals surface area contributed by atoms with Gasteiger partial charge in [0.25, 0.3) is 0 Å². The Hall–Kier alpha value is -0.440. The Bertz CT molecular complexity index is 766. The Morgan fingerprint density at radius 2 is 0.578 bits per heavy atom. The van der Waals surface area contributed by atoms with E-state index in [0.717, 1.165) is 75.0 Å². The highest BCUT2D eigenvalue weighted by atomic mass is 32.1. The normalized spacial score (nSPS) is 20.1. The van der Waals surface area contributed by atoms with Crippen LogP contribution in [0, 0.1) is 29.1 Å². The maximum atomic E-state index is 6.35. The monoisotopic (exact) mass is 696 g/mol. The first-order chi connectivity index (χ1) is 21.9. The van der Waals surface area contributed by atoms with Gasteiger partial charge in [-0.2, -0.15) is 0 Å². The molecule has 8 heteroatoms. The van der Waals surface area contributed by atoms with Gasteiger partial charge in [0.1, 0.15) is 31.8 Å². The molecule has 0 radical (unpaired) electrons. The van der Waals surface area contributed by atoms with Crippen LogP contribution in [0.3, 0.4) is 0 Å². The number of thiocarbonyl (C=S) groups is 4. The molecule has 0 aromatic carbocycles. The van der Waals surface area contributed by atoms with E-state index in [4.69, 9.17) is 67.8 Å². The Kier molecular flexibility index (Phi) is 17.3. The molecule has 0 aliphatic heterocycles. The molecule has 4 fully saturated rings. The predicted octanol–water partition coefficient (Wildman–Crippen LogP) is 11.2. The van der Waals surface area contributed by atoms with Crippen LogP contribution in [0.5, 0.6) is 0 Å². The third kappa shape index (κ3) is 14.7. The van der Waals surface area contributed by atoms with E-state index >= 15 is 0 Å². The van der Waals surface area contributed by atoms with Crippen molar-refractivity contribution in [2.45, 2.75) is 154 Å². The van der Waals surface area contributed by atoms with Crippen LogP contribution in [-0.4, -0.2) is 46.6 Å². The highest BCUT2D eigenvalue weighted by Gasteiger charge is 2.37. The summed E-state index contributed by atoms with van der Waals surface area (Å²) in [6, 6.07) is 0. The van der Waals surface area contributed by atoms with Crippen LogP contribution in [0.1, 0.15) is 154 Å². The van der Waals surface area contributed by atoms with Crippen molar-refractivity contribution in [2.24, 2.45) is 29.1 Å². The van der Waals surface area contributed by atoms with Gasteiger partial charge < -0.3 is 18.9 Å². The van der Waals surface area contributed by atoms with Crippen molar-refractivity contribution in [1.29, 1.82) is 0 Å². The van der Waals surface area contributed by atoms with Crippen molar-refractivity contribution in [1.82, 2.24) is 0 Å². The third-order valence-electron chi connectivity index (χ3n) is 11.1. The number of rotatable bonds is 20. The van der Waals surface area contributed by atoms with Crippen LogP contribution < -0.4 is 0 Å².